The summed E-state index contributed by atoms with van der Waals surface area (Å²) in [6.45, 7) is 1.31. The lowest BCUT2D eigenvalue weighted by molar-refractivity contribution is 0.0734. The van der Waals surface area contributed by atoms with Crippen molar-refractivity contribution >= 4 is 5.91 Å². The molecule has 96 valence electrons. The smallest absolute Gasteiger partial charge is 0.254 e. The highest BCUT2D eigenvalue weighted by Crippen LogP contribution is 2.24. The summed E-state index contributed by atoms with van der Waals surface area (Å²) in [6, 6.07) is 14.7. The molecule has 0 atom stereocenters. The second kappa shape index (κ2) is 4.76. The third-order valence-electron chi connectivity index (χ3n) is 3.51. The average Bonchev–Trinajstić information content (AvgIpc) is 2.47. The Labute approximate surface area is 112 Å². The van der Waals surface area contributed by atoms with Crippen LogP contribution in [0.3, 0.4) is 0 Å². The number of rotatable bonds is 1. The lowest BCUT2D eigenvalue weighted by Gasteiger charge is -2.29. The van der Waals surface area contributed by atoms with Gasteiger partial charge in [0.15, 0.2) is 0 Å². The summed E-state index contributed by atoms with van der Waals surface area (Å²) in [5.74, 6) is 0.362. The second-order valence-corrected chi connectivity index (χ2v) is 4.80. The van der Waals surface area contributed by atoms with E-state index in [2.05, 4.69) is 0 Å². The Hall–Kier alpha value is -2.29. The van der Waals surface area contributed by atoms with Crippen molar-refractivity contribution in [1.29, 1.82) is 0 Å². The predicted octanol–water partition coefficient (Wildman–Crippen LogP) is 2.59. The fourth-order valence-corrected chi connectivity index (χ4v) is 2.48. The molecule has 1 heterocycles. The number of hydrogen-bond acceptors (Lipinski definition) is 2. The minimum Gasteiger partial charge on any atom is -0.508 e. The molecule has 1 amide bonds. The Kier molecular flexibility index (Phi) is 2.95. The van der Waals surface area contributed by atoms with Crippen LogP contribution in [0.25, 0.3) is 0 Å². The zero-order valence-corrected chi connectivity index (χ0v) is 10.5. The van der Waals surface area contributed by atoms with Crippen molar-refractivity contribution in [2.24, 2.45) is 0 Å². The molecule has 0 unspecified atom stereocenters. The number of phenolic OH excluding ortho intramolecular Hbond substituents is 1. The van der Waals surface area contributed by atoms with Crippen LogP contribution in [0.2, 0.25) is 0 Å². The topological polar surface area (TPSA) is 40.5 Å². The fourth-order valence-electron chi connectivity index (χ4n) is 2.48. The molecule has 0 aromatic heterocycles. The molecule has 19 heavy (non-hydrogen) atoms. The summed E-state index contributed by atoms with van der Waals surface area (Å²) in [5, 5.41) is 9.46. The Morgan fingerprint density at radius 3 is 2.63 bits per heavy atom. The lowest BCUT2D eigenvalue weighted by atomic mass is 9.99. The Balaban J connectivity index is 1.82. The van der Waals surface area contributed by atoms with Crippen LogP contribution in [0.5, 0.6) is 5.75 Å². The van der Waals surface area contributed by atoms with Crippen molar-refractivity contribution in [2.75, 3.05) is 6.54 Å². The molecule has 0 spiro atoms. The summed E-state index contributed by atoms with van der Waals surface area (Å²) in [6.07, 6.45) is 0.794. The van der Waals surface area contributed by atoms with Crippen LogP contribution in [-0.2, 0) is 13.0 Å². The highest BCUT2D eigenvalue weighted by molar-refractivity contribution is 5.94. The first-order valence-electron chi connectivity index (χ1n) is 6.39. The first-order chi connectivity index (χ1) is 9.24. The Morgan fingerprint density at radius 2 is 1.84 bits per heavy atom. The van der Waals surface area contributed by atoms with Crippen molar-refractivity contribution in [1.82, 2.24) is 4.90 Å². The number of aromatic hydroxyl groups is 1. The van der Waals surface area contributed by atoms with Crippen molar-refractivity contribution in [3.05, 3.63) is 65.2 Å². The van der Waals surface area contributed by atoms with E-state index in [0.717, 1.165) is 23.1 Å². The monoisotopic (exact) mass is 253 g/mol. The van der Waals surface area contributed by atoms with Gasteiger partial charge in [-0.05, 0) is 41.8 Å². The molecule has 0 saturated carbocycles. The van der Waals surface area contributed by atoms with Crippen LogP contribution >= 0.6 is 0 Å². The fraction of sp³-hybridized carbons (Fsp3) is 0.188. The lowest BCUT2D eigenvalue weighted by Crippen LogP contribution is -2.35. The van der Waals surface area contributed by atoms with E-state index in [9.17, 15) is 9.90 Å². The van der Waals surface area contributed by atoms with Gasteiger partial charge in [0.05, 0.1) is 0 Å². The van der Waals surface area contributed by atoms with Crippen LogP contribution < -0.4 is 0 Å². The molecule has 1 aliphatic rings. The SMILES string of the molecule is O=C(c1ccccc1)N1CCc2cc(O)ccc2C1. The Morgan fingerprint density at radius 1 is 1.05 bits per heavy atom. The number of fused-ring (bicyclic) bond motifs is 1. The van der Waals surface area contributed by atoms with E-state index in [4.69, 9.17) is 0 Å². The summed E-state index contributed by atoms with van der Waals surface area (Å²) in [7, 11) is 0. The number of phenols is 1. The maximum atomic E-state index is 12.4. The minimum absolute atomic E-state index is 0.0688. The molecule has 3 rings (SSSR count). The molecular formula is C16H15NO2. The number of hydrogen-bond donors (Lipinski definition) is 1. The largest absolute Gasteiger partial charge is 0.508 e. The van der Waals surface area contributed by atoms with Gasteiger partial charge in [-0.3, -0.25) is 4.79 Å². The first-order valence-corrected chi connectivity index (χ1v) is 6.39. The minimum atomic E-state index is 0.0688. The van der Waals surface area contributed by atoms with Gasteiger partial charge in [0.25, 0.3) is 5.91 Å². The summed E-state index contributed by atoms with van der Waals surface area (Å²) < 4.78 is 0. The zero-order chi connectivity index (χ0) is 13.2. The van der Waals surface area contributed by atoms with E-state index in [1.807, 2.05) is 41.3 Å². The molecule has 3 heteroatoms. The van der Waals surface area contributed by atoms with Crippen LogP contribution in [0, 0.1) is 0 Å². The molecule has 0 bridgehead atoms. The maximum absolute atomic E-state index is 12.4. The third kappa shape index (κ3) is 2.32. The normalized spacial score (nSPS) is 14.0. The third-order valence-corrected chi connectivity index (χ3v) is 3.51. The summed E-state index contributed by atoms with van der Waals surface area (Å²) in [4.78, 5) is 14.2. The highest BCUT2D eigenvalue weighted by Gasteiger charge is 2.21. The van der Waals surface area contributed by atoms with Gasteiger partial charge in [-0.1, -0.05) is 24.3 Å². The van der Waals surface area contributed by atoms with Crippen molar-refractivity contribution in [3.8, 4) is 5.75 Å². The van der Waals surface area contributed by atoms with Gasteiger partial charge in [0.1, 0.15) is 5.75 Å². The van der Waals surface area contributed by atoms with Crippen molar-refractivity contribution < 1.29 is 9.90 Å². The molecule has 1 aliphatic heterocycles. The summed E-state index contributed by atoms with van der Waals surface area (Å²) in [5.41, 5.74) is 2.98. The molecule has 3 nitrogen and oxygen atoms in total. The van der Waals surface area contributed by atoms with Gasteiger partial charge in [0.2, 0.25) is 0 Å². The molecular weight excluding hydrogens is 238 g/mol. The van der Waals surface area contributed by atoms with Crippen molar-refractivity contribution in [3.63, 3.8) is 0 Å². The van der Waals surface area contributed by atoms with E-state index in [1.165, 1.54) is 0 Å². The van der Waals surface area contributed by atoms with E-state index >= 15 is 0 Å². The van der Waals surface area contributed by atoms with Crippen LogP contribution in [0.4, 0.5) is 0 Å². The Bertz CT molecular complexity index is 607. The molecule has 1 N–H and O–H groups in total. The highest BCUT2D eigenvalue weighted by atomic mass is 16.3. The van der Waals surface area contributed by atoms with Gasteiger partial charge in [0, 0.05) is 18.7 Å². The standard InChI is InChI=1S/C16H15NO2/c18-15-7-6-14-11-17(9-8-13(14)10-15)16(19)12-4-2-1-3-5-12/h1-7,10,18H,8-9,11H2. The van der Waals surface area contributed by atoms with Crippen LogP contribution in [-0.4, -0.2) is 22.5 Å². The number of carbonyl (C=O) groups excluding carboxylic acids is 1. The van der Waals surface area contributed by atoms with Crippen LogP contribution in [0.1, 0.15) is 21.5 Å². The predicted molar refractivity (Wildman–Crippen MR) is 73.0 cm³/mol. The quantitative estimate of drug-likeness (QED) is 0.848. The van der Waals surface area contributed by atoms with E-state index in [1.54, 1.807) is 12.1 Å². The molecule has 2 aromatic carbocycles. The summed E-state index contributed by atoms with van der Waals surface area (Å²) >= 11 is 0. The van der Waals surface area contributed by atoms with E-state index in [-0.39, 0.29) is 5.91 Å². The van der Waals surface area contributed by atoms with Gasteiger partial charge in [-0.2, -0.15) is 0 Å². The number of amides is 1. The van der Waals surface area contributed by atoms with Gasteiger partial charge >= 0.3 is 0 Å². The number of benzene rings is 2. The zero-order valence-electron chi connectivity index (χ0n) is 10.5. The van der Waals surface area contributed by atoms with E-state index in [0.29, 0.717) is 18.8 Å². The van der Waals surface area contributed by atoms with Crippen LogP contribution in [0.15, 0.2) is 48.5 Å². The molecule has 0 fully saturated rings. The van der Waals surface area contributed by atoms with Gasteiger partial charge < -0.3 is 10.0 Å². The molecule has 0 saturated heterocycles. The molecule has 0 radical (unpaired) electrons. The average molecular weight is 253 g/mol. The van der Waals surface area contributed by atoms with Gasteiger partial charge in [-0.15, -0.1) is 0 Å². The molecule has 0 aliphatic carbocycles. The van der Waals surface area contributed by atoms with Crippen molar-refractivity contribution in [2.45, 2.75) is 13.0 Å². The maximum Gasteiger partial charge on any atom is 0.254 e. The second-order valence-electron chi connectivity index (χ2n) is 4.80. The first kappa shape index (κ1) is 11.8. The van der Waals surface area contributed by atoms with Gasteiger partial charge in [-0.25, -0.2) is 0 Å². The molecule has 2 aromatic rings. The van der Waals surface area contributed by atoms with E-state index < -0.39 is 0 Å². The number of nitrogens with zero attached hydrogens (tertiary/aromatic N) is 1. The number of carbonyl (C=O) groups is 1.